The highest BCUT2D eigenvalue weighted by Gasteiger charge is 2.17. The Balaban J connectivity index is 1.46. The molecule has 33 heavy (non-hydrogen) atoms. The second-order valence-electron chi connectivity index (χ2n) is 7.68. The summed E-state index contributed by atoms with van der Waals surface area (Å²) >= 11 is 0. The van der Waals surface area contributed by atoms with E-state index in [2.05, 4.69) is 15.6 Å². The molecular formula is C27H25N3O3. The summed E-state index contributed by atoms with van der Waals surface area (Å²) < 4.78 is 5.95. The summed E-state index contributed by atoms with van der Waals surface area (Å²) in [7, 11) is 0. The number of para-hydroxylation sites is 1. The van der Waals surface area contributed by atoms with Crippen LogP contribution in [0.1, 0.15) is 28.4 Å². The van der Waals surface area contributed by atoms with Gasteiger partial charge in [-0.1, -0.05) is 67.1 Å². The van der Waals surface area contributed by atoms with Crippen molar-refractivity contribution in [1.82, 2.24) is 10.3 Å². The van der Waals surface area contributed by atoms with Crippen LogP contribution in [0.25, 0.3) is 22.8 Å². The van der Waals surface area contributed by atoms with E-state index >= 15 is 0 Å². The second kappa shape index (κ2) is 9.96. The maximum atomic E-state index is 12.9. The van der Waals surface area contributed by atoms with E-state index in [9.17, 15) is 9.59 Å². The predicted octanol–water partition coefficient (Wildman–Crippen LogP) is 5.25. The summed E-state index contributed by atoms with van der Waals surface area (Å²) in [4.78, 5) is 29.6. The number of benzene rings is 3. The molecule has 1 aromatic heterocycles. The molecule has 0 fully saturated rings. The summed E-state index contributed by atoms with van der Waals surface area (Å²) in [6.45, 7) is 3.90. The third-order valence-corrected chi connectivity index (χ3v) is 5.33. The lowest BCUT2D eigenvalue weighted by molar-refractivity contribution is -0.115. The van der Waals surface area contributed by atoms with Crippen LogP contribution in [0.3, 0.4) is 0 Å². The van der Waals surface area contributed by atoms with Gasteiger partial charge in [0.25, 0.3) is 5.91 Å². The normalized spacial score (nSPS) is 10.6. The molecule has 2 N–H and O–H groups in total. The molecule has 1 heterocycles. The van der Waals surface area contributed by atoms with Crippen LogP contribution < -0.4 is 10.6 Å². The number of aryl methyl sites for hydroxylation is 2. The molecule has 0 unspecified atom stereocenters. The highest BCUT2D eigenvalue weighted by Crippen LogP contribution is 2.28. The quantitative estimate of drug-likeness (QED) is 0.412. The van der Waals surface area contributed by atoms with Gasteiger partial charge in [0, 0.05) is 16.8 Å². The Morgan fingerprint density at radius 3 is 2.45 bits per heavy atom. The number of oxazole rings is 1. The standard InChI is InChI=1S/C27H25N3O3/c1-3-19-8-4-7-11-23(19)30-25(31)17-28-26(32)21-9-5-6-10-22(21)27-29-16-24(33-27)20-14-12-18(2)13-15-20/h4-16H,3,17H2,1-2H3,(H,28,32)(H,30,31). The van der Waals surface area contributed by atoms with Gasteiger partial charge >= 0.3 is 0 Å². The predicted molar refractivity (Wildman–Crippen MR) is 129 cm³/mol. The molecule has 0 spiro atoms. The average molecular weight is 440 g/mol. The number of anilines is 1. The molecule has 0 aliphatic carbocycles. The van der Waals surface area contributed by atoms with Crippen LogP contribution >= 0.6 is 0 Å². The number of nitrogens with zero attached hydrogens (tertiary/aromatic N) is 1. The van der Waals surface area contributed by atoms with Gasteiger partial charge in [0.2, 0.25) is 11.8 Å². The van der Waals surface area contributed by atoms with Crippen LogP contribution in [0.2, 0.25) is 0 Å². The molecule has 6 heteroatoms. The van der Waals surface area contributed by atoms with Crippen molar-refractivity contribution in [2.24, 2.45) is 0 Å². The third kappa shape index (κ3) is 5.18. The molecular weight excluding hydrogens is 414 g/mol. The summed E-state index contributed by atoms with van der Waals surface area (Å²) in [5.41, 5.74) is 4.80. The Labute approximate surface area is 192 Å². The van der Waals surface area contributed by atoms with Crippen molar-refractivity contribution in [3.8, 4) is 22.8 Å². The van der Waals surface area contributed by atoms with E-state index in [0.717, 1.165) is 28.8 Å². The first kappa shape index (κ1) is 22.0. The molecule has 6 nitrogen and oxygen atoms in total. The Kier molecular flexibility index (Phi) is 6.64. The van der Waals surface area contributed by atoms with Gasteiger partial charge in [-0.25, -0.2) is 4.98 Å². The van der Waals surface area contributed by atoms with Gasteiger partial charge in [-0.2, -0.15) is 0 Å². The van der Waals surface area contributed by atoms with Gasteiger partial charge < -0.3 is 15.1 Å². The molecule has 166 valence electrons. The molecule has 0 aliphatic heterocycles. The lowest BCUT2D eigenvalue weighted by atomic mass is 10.1. The van der Waals surface area contributed by atoms with Gasteiger partial charge in [-0.05, 0) is 37.1 Å². The molecule has 0 aliphatic rings. The lowest BCUT2D eigenvalue weighted by Crippen LogP contribution is -2.33. The van der Waals surface area contributed by atoms with Crippen molar-refractivity contribution < 1.29 is 14.0 Å². The minimum absolute atomic E-state index is 0.147. The van der Waals surface area contributed by atoms with Crippen LogP contribution in [0.5, 0.6) is 0 Å². The van der Waals surface area contributed by atoms with Crippen molar-refractivity contribution in [3.63, 3.8) is 0 Å². The highest BCUT2D eigenvalue weighted by atomic mass is 16.4. The SMILES string of the molecule is CCc1ccccc1NC(=O)CNC(=O)c1ccccc1-c1ncc(-c2ccc(C)cc2)o1. The van der Waals surface area contributed by atoms with Crippen molar-refractivity contribution in [2.45, 2.75) is 20.3 Å². The number of amides is 2. The Bertz CT molecular complexity index is 1280. The largest absolute Gasteiger partial charge is 0.436 e. The van der Waals surface area contributed by atoms with E-state index in [4.69, 9.17) is 4.42 Å². The molecule has 0 saturated carbocycles. The summed E-state index contributed by atoms with van der Waals surface area (Å²) in [5.74, 6) is 0.297. The average Bonchev–Trinajstić information content (AvgIpc) is 3.33. The van der Waals surface area contributed by atoms with Gasteiger partial charge in [0.1, 0.15) is 0 Å². The summed E-state index contributed by atoms with van der Waals surface area (Å²) in [5, 5.41) is 5.55. The van der Waals surface area contributed by atoms with Gasteiger partial charge in [0.15, 0.2) is 5.76 Å². The van der Waals surface area contributed by atoms with Gasteiger partial charge in [-0.15, -0.1) is 0 Å². The third-order valence-electron chi connectivity index (χ3n) is 5.33. The van der Waals surface area contributed by atoms with Crippen molar-refractivity contribution in [2.75, 3.05) is 11.9 Å². The van der Waals surface area contributed by atoms with E-state index in [1.54, 1.807) is 24.4 Å². The number of carbonyl (C=O) groups excluding carboxylic acids is 2. The first-order valence-corrected chi connectivity index (χ1v) is 10.8. The van der Waals surface area contributed by atoms with Crippen LogP contribution in [0.15, 0.2) is 83.4 Å². The maximum Gasteiger partial charge on any atom is 0.252 e. The molecule has 0 radical (unpaired) electrons. The molecule has 4 rings (SSSR count). The monoisotopic (exact) mass is 439 g/mol. The minimum atomic E-state index is -0.375. The molecule has 0 saturated heterocycles. The van der Waals surface area contributed by atoms with Crippen molar-refractivity contribution in [1.29, 1.82) is 0 Å². The Morgan fingerprint density at radius 1 is 0.939 bits per heavy atom. The van der Waals surface area contributed by atoms with E-state index in [0.29, 0.717) is 22.8 Å². The minimum Gasteiger partial charge on any atom is -0.436 e. The maximum absolute atomic E-state index is 12.9. The van der Waals surface area contributed by atoms with Crippen LogP contribution in [0.4, 0.5) is 5.69 Å². The number of hydrogen-bond donors (Lipinski definition) is 2. The molecule has 4 aromatic rings. The van der Waals surface area contributed by atoms with Crippen LogP contribution in [-0.4, -0.2) is 23.3 Å². The Hall–Kier alpha value is -4.19. The second-order valence-corrected chi connectivity index (χ2v) is 7.68. The van der Waals surface area contributed by atoms with E-state index in [1.807, 2.05) is 68.4 Å². The summed E-state index contributed by atoms with van der Waals surface area (Å²) in [6.07, 6.45) is 2.45. The molecule has 0 bridgehead atoms. The number of carbonyl (C=O) groups is 2. The topological polar surface area (TPSA) is 84.2 Å². The van der Waals surface area contributed by atoms with Gasteiger partial charge in [0.05, 0.1) is 18.3 Å². The number of rotatable bonds is 7. The fourth-order valence-electron chi connectivity index (χ4n) is 3.52. The first-order valence-electron chi connectivity index (χ1n) is 10.8. The Morgan fingerprint density at radius 2 is 1.67 bits per heavy atom. The molecule has 2 amide bonds. The highest BCUT2D eigenvalue weighted by molar-refractivity contribution is 6.03. The fraction of sp³-hybridized carbons (Fsp3) is 0.148. The van der Waals surface area contributed by atoms with Crippen molar-refractivity contribution in [3.05, 3.63) is 95.7 Å². The number of nitrogens with one attached hydrogen (secondary N) is 2. The number of aromatic nitrogens is 1. The smallest absolute Gasteiger partial charge is 0.252 e. The number of hydrogen-bond acceptors (Lipinski definition) is 4. The van der Waals surface area contributed by atoms with Gasteiger partial charge in [-0.3, -0.25) is 9.59 Å². The fourth-order valence-corrected chi connectivity index (χ4v) is 3.52. The summed E-state index contributed by atoms with van der Waals surface area (Å²) in [6, 6.07) is 22.6. The van der Waals surface area contributed by atoms with E-state index in [1.165, 1.54) is 0 Å². The molecule has 3 aromatic carbocycles. The zero-order chi connectivity index (χ0) is 23.2. The van der Waals surface area contributed by atoms with Crippen LogP contribution in [-0.2, 0) is 11.2 Å². The lowest BCUT2D eigenvalue weighted by Gasteiger charge is -2.11. The zero-order valence-corrected chi connectivity index (χ0v) is 18.6. The van der Waals surface area contributed by atoms with E-state index in [-0.39, 0.29) is 18.4 Å². The van der Waals surface area contributed by atoms with E-state index < -0.39 is 0 Å². The first-order chi connectivity index (χ1) is 16.0. The van der Waals surface area contributed by atoms with Crippen molar-refractivity contribution >= 4 is 17.5 Å². The zero-order valence-electron chi connectivity index (χ0n) is 18.6. The van der Waals surface area contributed by atoms with Crippen LogP contribution in [0, 0.1) is 6.92 Å². The molecule has 0 atom stereocenters.